The van der Waals surface area contributed by atoms with E-state index in [2.05, 4.69) is 17.1 Å². The molecule has 0 radical (unpaired) electrons. The van der Waals surface area contributed by atoms with E-state index in [0.717, 1.165) is 22.1 Å². The van der Waals surface area contributed by atoms with E-state index in [9.17, 15) is 0 Å². The summed E-state index contributed by atoms with van der Waals surface area (Å²) in [5.74, 6) is 1.39. The molecule has 3 heteroatoms. The third-order valence-corrected chi connectivity index (χ3v) is 3.00. The second-order valence-electron chi connectivity index (χ2n) is 4.29. The standard InChI is InChI=1S/C16H14N2O/c17-10-12-8-9-16(18-11-12)19-15-7-3-5-13-4-1-2-6-14(13)15/h1-9,11H,10,17H2. The van der Waals surface area contributed by atoms with Crippen LogP contribution in [0.3, 0.4) is 0 Å². The summed E-state index contributed by atoms with van der Waals surface area (Å²) in [6.07, 6.45) is 1.74. The van der Waals surface area contributed by atoms with Gasteiger partial charge in [-0.2, -0.15) is 0 Å². The fourth-order valence-electron chi connectivity index (χ4n) is 1.99. The Hall–Kier alpha value is -2.39. The summed E-state index contributed by atoms with van der Waals surface area (Å²) in [7, 11) is 0. The van der Waals surface area contributed by atoms with Crippen LogP contribution in [0.5, 0.6) is 11.6 Å². The van der Waals surface area contributed by atoms with Gasteiger partial charge in [-0.3, -0.25) is 0 Å². The van der Waals surface area contributed by atoms with Crippen molar-refractivity contribution in [1.29, 1.82) is 0 Å². The number of nitrogens with zero attached hydrogens (tertiary/aromatic N) is 1. The minimum atomic E-state index is 0.488. The number of hydrogen-bond acceptors (Lipinski definition) is 3. The van der Waals surface area contributed by atoms with Crippen LogP contribution in [-0.2, 0) is 6.54 Å². The van der Waals surface area contributed by atoms with Crippen LogP contribution in [0.15, 0.2) is 60.8 Å². The average molecular weight is 250 g/mol. The van der Waals surface area contributed by atoms with Crippen molar-refractivity contribution in [2.75, 3.05) is 0 Å². The van der Waals surface area contributed by atoms with Crippen LogP contribution in [0.2, 0.25) is 0 Å². The van der Waals surface area contributed by atoms with Gasteiger partial charge in [-0.15, -0.1) is 0 Å². The number of benzene rings is 2. The predicted molar refractivity (Wildman–Crippen MR) is 76.2 cm³/mol. The highest BCUT2D eigenvalue weighted by Gasteiger charge is 2.03. The van der Waals surface area contributed by atoms with Crippen molar-refractivity contribution >= 4 is 10.8 Å². The largest absolute Gasteiger partial charge is 0.438 e. The van der Waals surface area contributed by atoms with E-state index in [1.165, 1.54) is 0 Å². The Balaban J connectivity index is 1.96. The number of fused-ring (bicyclic) bond motifs is 1. The second-order valence-corrected chi connectivity index (χ2v) is 4.29. The summed E-state index contributed by atoms with van der Waals surface area (Å²) < 4.78 is 5.84. The Labute approximate surface area is 111 Å². The van der Waals surface area contributed by atoms with Gasteiger partial charge in [0, 0.05) is 24.2 Å². The quantitative estimate of drug-likeness (QED) is 0.774. The molecule has 1 aromatic heterocycles. The van der Waals surface area contributed by atoms with E-state index in [1.807, 2.05) is 42.5 Å². The number of pyridine rings is 1. The van der Waals surface area contributed by atoms with Gasteiger partial charge in [0.2, 0.25) is 5.88 Å². The first-order valence-corrected chi connectivity index (χ1v) is 6.17. The number of ether oxygens (including phenoxy) is 1. The van der Waals surface area contributed by atoms with Crippen molar-refractivity contribution in [3.63, 3.8) is 0 Å². The fourth-order valence-corrected chi connectivity index (χ4v) is 1.99. The summed E-state index contributed by atoms with van der Waals surface area (Å²) in [4.78, 5) is 4.25. The maximum atomic E-state index is 5.84. The molecule has 3 nitrogen and oxygen atoms in total. The Bertz CT molecular complexity index is 687. The fraction of sp³-hybridized carbons (Fsp3) is 0.0625. The Kier molecular flexibility index (Phi) is 3.12. The van der Waals surface area contributed by atoms with Gasteiger partial charge in [0.15, 0.2) is 0 Å². The summed E-state index contributed by atoms with van der Waals surface area (Å²) >= 11 is 0. The zero-order chi connectivity index (χ0) is 13.1. The van der Waals surface area contributed by atoms with Crippen LogP contribution in [-0.4, -0.2) is 4.98 Å². The zero-order valence-corrected chi connectivity index (χ0v) is 10.4. The molecule has 3 rings (SSSR count). The predicted octanol–water partition coefficient (Wildman–Crippen LogP) is 3.49. The van der Waals surface area contributed by atoms with Gasteiger partial charge in [-0.05, 0) is 17.0 Å². The second kappa shape index (κ2) is 5.08. The van der Waals surface area contributed by atoms with Crippen molar-refractivity contribution in [3.8, 4) is 11.6 Å². The van der Waals surface area contributed by atoms with E-state index in [0.29, 0.717) is 12.4 Å². The summed E-state index contributed by atoms with van der Waals surface area (Å²) in [6, 6.07) is 17.9. The molecule has 0 aliphatic carbocycles. The van der Waals surface area contributed by atoms with Crippen LogP contribution in [0, 0.1) is 0 Å². The number of aromatic nitrogens is 1. The van der Waals surface area contributed by atoms with Crippen molar-refractivity contribution < 1.29 is 4.74 Å². The average Bonchev–Trinajstić information content (AvgIpc) is 2.48. The van der Waals surface area contributed by atoms with E-state index >= 15 is 0 Å². The molecular weight excluding hydrogens is 236 g/mol. The van der Waals surface area contributed by atoms with Crippen molar-refractivity contribution in [2.24, 2.45) is 5.73 Å². The van der Waals surface area contributed by atoms with Gasteiger partial charge >= 0.3 is 0 Å². The monoisotopic (exact) mass is 250 g/mol. The topological polar surface area (TPSA) is 48.1 Å². The highest BCUT2D eigenvalue weighted by atomic mass is 16.5. The number of rotatable bonds is 3. The molecular formula is C16H14N2O. The molecule has 0 atom stereocenters. The first kappa shape index (κ1) is 11.7. The van der Waals surface area contributed by atoms with Crippen LogP contribution < -0.4 is 10.5 Å². The van der Waals surface area contributed by atoms with Gasteiger partial charge in [0.05, 0.1) is 0 Å². The molecule has 3 aromatic rings. The molecule has 0 bridgehead atoms. The molecule has 0 aliphatic heterocycles. The number of nitrogens with two attached hydrogens (primary N) is 1. The highest BCUT2D eigenvalue weighted by Crippen LogP contribution is 2.28. The van der Waals surface area contributed by atoms with Gasteiger partial charge in [-0.1, -0.05) is 42.5 Å². The van der Waals surface area contributed by atoms with Crippen molar-refractivity contribution in [1.82, 2.24) is 4.98 Å². The van der Waals surface area contributed by atoms with E-state index < -0.39 is 0 Å². The lowest BCUT2D eigenvalue weighted by molar-refractivity contribution is 0.468. The lowest BCUT2D eigenvalue weighted by Crippen LogP contribution is -1.97. The SMILES string of the molecule is NCc1ccc(Oc2cccc3ccccc23)nc1. The summed E-state index contributed by atoms with van der Waals surface area (Å²) in [6.45, 7) is 0.488. The van der Waals surface area contributed by atoms with E-state index in [1.54, 1.807) is 6.20 Å². The lowest BCUT2D eigenvalue weighted by atomic mass is 10.1. The Morgan fingerprint density at radius 2 is 1.79 bits per heavy atom. The Morgan fingerprint density at radius 3 is 2.58 bits per heavy atom. The van der Waals surface area contributed by atoms with Gasteiger partial charge in [0.25, 0.3) is 0 Å². The first-order chi connectivity index (χ1) is 9.36. The number of hydrogen-bond donors (Lipinski definition) is 1. The molecule has 2 N–H and O–H groups in total. The third-order valence-electron chi connectivity index (χ3n) is 3.00. The maximum absolute atomic E-state index is 5.84. The summed E-state index contributed by atoms with van der Waals surface area (Å²) in [5.41, 5.74) is 6.54. The minimum absolute atomic E-state index is 0.488. The molecule has 0 spiro atoms. The molecule has 1 heterocycles. The molecule has 0 aliphatic rings. The minimum Gasteiger partial charge on any atom is -0.438 e. The maximum Gasteiger partial charge on any atom is 0.219 e. The lowest BCUT2D eigenvalue weighted by Gasteiger charge is -2.08. The van der Waals surface area contributed by atoms with Gasteiger partial charge < -0.3 is 10.5 Å². The van der Waals surface area contributed by atoms with Crippen LogP contribution in [0.4, 0.5) is 0 Å². The van der Waals surface area contributed by atoms with Gasteiger partial charge in [-0.25, -0.2) is 4.98 Å². The Morgan fingerprint density at radius 1 is 0.947 bits per heavy atom. The normalized spacial score (nSPS) is 10.6. The van der Waals surface area contributed by atoms with E-state index in [-0.39, 0.29) is 0 Å². The molecule has 0 unspecified atom stereocenters. The summed E-state index contributed by atoms with van der Waals surface area (Å²) in [5, 5.41) is 2.23. The molecule has 2 aromatic carbocycles. The highest BCUT2D eigenvalue weighted by molar-refractivity contribution is 5.88. The van der Waals surface area contributed by atoms with E-state index in [4.69, 9.17) is 10.5 Å². The van der Waals surface area contributed by atoms with Gasteiger partial charge in [0.1, 0.15) is 5.75 Å². The molecule has 0 fully saturated rings. The molecule has 19 heavy (non-hydrogen) atoms. The molecule has 0 saturated carbocycles. The van der Waals surface area contributed by atoms with Crippen LogP contribution in [0.25, 0.3) is 10.8 Å². The molecule has 0 amide bonds. The third kappa shape index (κ3) is 2.41. The smallest absolute Gasteiger partial charge is 0.219 e. The molecule has 0 saturated heterocycles. The van der Waals surface area contributed by atoms with Crippen LogP contribution in [0.1, 0.15) is 5.56 Å². The van der Waals surface area contributed by atoms with Crippen molar-refractivity contribution in [3.05, 3.63) is 66.4 Å². The van der Waals surface area contributed by atoms with Crippen molar-refractivity contribution in [2.45, 2.75) is 6.54 Å². The molecule has 94 valence electrons. The first-order valence-electron chi connectivity index (χ1n) is 6.17. The zero-order valence-electron chi connectivity index (χ0n) is 10.4. The van der Waals surface area contributed by atoms with Crippen LogP contribution >= 0.6 is 0 Å².